The van der Waals surface area contributed by atoms with Gasteiger partial charge in [-0.3, -0.25) is 0 Å². The van der Waals surface area contributed by atoms with Crippen LogP contribution in [0, 0.1) is 29.1 Å². The number of rotatable bonds is 3. The molecule has 0 unspecified atom stereocenters. The van der Waals surface area contributed by atoms with Crippen LogP contribution in [-0.4, -0.2) is 9.13 Å². The summed E-state index contributed by atoms with van der Waals surface area (Å²) >= 11 is 0. The molecule has 0 fully saturated rings. The van der Waals surface area contributed by atoms with E-state index in [0.29, 0.717) is 70.9 Å². The molecule has 0 atom stereocenters. The molecular formula is C49H22F8N2O2. The van der Waals surface area contributed by atoms with Crippen LogP contribution < -0.4 is 0 Å². The van der Waals surface area contributed by atoms with Gasteiger partial charge in [0.25, 0.3) is 0 Å². The molecule has 12 heteroatoms. The maximum absolute atomic E-state index is 16.4. The predicted octanol–water partition coefficient (Wildman–Crippen LogP) is 15.1. The normalized spacial score (nSPS) is 12.6. The minimum atomic E-state index is -5.15. The van der Waals surface area contributed by atoms with E-state index in [2.05, 4.69) is 0 Å². The van der Waals surface area contributed by atoms with Gasteiger partial charge in [-0.25, -0.2) is 22.0 Å². The summed E-state index contributed by atoms with van der Waals surface area (Å²) in [5.41, 5.74) is -1.72. The fourth-order valence-corrected chi connectivity index (χ4v) is 9.25. The summed E-state index contributed by atoms with van der Waals surface area (Å²) in [4.78, 5) is 0. The number of alkyl halides is 3. The van der Waals surface area contributed by atoms with Gasteiger partial charge in [0.05, 0.1) is 55.3 Å². The van der Waals surface area contributed by atoms with Crippen molar-refractivity contribution in [3.8, 4) is 22.5 Å². The van der Waals surface area contributed by atoms with Crippen LogP contribution in [0.5, 0.6) is 0 Å². The van der Waals surface area contributed by atoms with Gasteiger partial charge in [-0.2, -0.15) is 13.2 Å². The highest BCUT2D eigenvalue weighted by molar-refractivity contribution is 6.26. The number of aromatic nitrogens is 2. The summed E-state index contributed by atoms with van der Waals surface area (Å²) in [7, 11) is 0. The molecule has 0 saturated carbocycles. The monoisotopic (exact) mass is 822 g/mol. The molecule has 0 bridgehead atoms. The van der Waals surface area contributed by atoms with E-state index in [1.807, 2.05) is 0 Å². The lowest BCUT2D eigenvalue weighted by Crippen LogP contribution is -2.14. The van der Waals surface area contributed by atoms with Gasteiger partial charge in [-0.15, -0.1) is 0 Å². The van der Waals surface area contributed by atoms with Gasteiger partial charge in [0.15, 0.2) is 23.3 Å². The average molecular weight is 823 g/mol. The zero-order valence-electron chi connectivity index (χ0n) is 30.9. The lowest BCUT2D eigenvalue weighted by Gasteiger charge is -2.23. The van der Waals surface area contributed by atoms with Gasteiger partial charge in [-0.05, 0) is 60.7 Å². The van der Waals surface area contributed by atoms with Crippen LogP contribution in [0.15, 0.2) is 142 Å². The predicted molar refractivity (Wildman–Crippen MR) is 220 cm³/mol. The van der Waals surface area contributed by atoms with Crippen molar-refractivity contribution in [2.45, 2.75) is 6.18 Å². The molecule has 0 N–H and O–H groups in total. The second kappa shape index (κ2) is 12.2. The van der Waals surface area contributed by atoms with E-state index in [9.17, 15) is 4.39 Å². The van der Waals surface area contributed by atoms with Crippen molar-refractivity contribution < 1.29 is 44.0 Å². The third-order valence-electron chi connectivity index (χ3n) is 11.7. The molecule has 4 aromatic heterocycles. The average Bonchev–Trinajstić information content (AvgIpc) is 4.02. The van der Waals surface area contributed by atoms with E-state index in [-0.39, 0.29) is 16.6 Å². The van der Waals surface area contributed by atoms with Crippen LogP contribution in [0.1, 0.15) is 5.56 Å². The van der Waals surface area contributed by atoms with Crippen LogP contribution in [-0.2, 0) is 6.18 Å². The Hall–Kier alpha value is -7.60. The fourth-order valence-electron chi connectivity index (χ4n) is 9.25. The number of nitrogens with zero attached hydrogens (tertiary/aromatic N) is 2. The van der Waals surface area contributed by atoms with E-state index in [1.54, 1.807) is 121 Å². The Balaban J connectivity index is 1.33. The SMILES string of the molecule is Fc1c(F)c(F)c(-c2cc(-n3c4ccccc4c4ccc5oc6ccccc6c5c43)c(C(F)(F)F)cc2-n2c3ccccc3c3ccc4oc5ccccc5c4c32)c(F)c1F. The Bertz CT molecular complexity index is 3860. The standard InChI is InChI=1S/C49H22F8N2O2/c50-42-41(43(51)45(53)46(54)44(42)52)29-21-34(59-32-14-6-2-10-24(32)26-18-20-38-40(48(26)59)28-12-4-8-16-36(28)61-38)30(49(55,56)57)22-33(29)58-31-13-5-1-9-23(31)25-17-19-37-39(47(25)58)27-11-3-7-15-35(27)60-37/h1-22H. The maximum Gasteiger partial charge on any atom is 0.418 e. The van der Waals surface area contributed by atoms with Crippen molar-refractivity contribution in [3.05, 3.63) is 168 Å². The molecule has 4 nitrogen and oxygen atoms in total. The summed E-state index contributed by atoms with van der Waals surface area (Å²) in [6, 6.07) is 35.8. The molecule has 0 aliphatic heterocycles. The quantitative estimate of drug-likeness (QED) is 0.101. The molecule has 0 amide bonds. The van der Waals surface area contributed by atoms with Crippen LogP contribution in [0.25, 0.3) is 110 Å². The third kappa shape index (κ3) is 4.69. The van der Waals surface area contributed by atoms with Crippen molar-refractivity contribution in [1.82, 2.24) is 9.13 Å². The Labute approximate surface area is 336 Å². The van der Waals surface area contributed by atoms with Crippen molar-refractivity contribution >= 4 is 87.5 Å². The first-order chi connectivity index (χ1) is 29.5. The number of hydrogen-bond donors (Lipinski definition) is 0. The summed E-state index contributed by atoms with van der Waals surface area (Å²) in [6.07, 6.45) is -5.15. The van der Waals surface area contributed by atoms with Crippen LogP contribution >= 0.6 is 0 Å². The van der Waals surface area contributed by atoms with Gasteiger partial charge in [-0.1, -0.05) is 72.8 Å². The number of halogens is 8. The molecule has 12 aromatic rings. The number of benzene rings is 8. The molecule has 4 heterocycles. The van der Waals surface area contributed by atoms with Crippen molar-refractivity contribution in [2.75, 3.05) is 0 Å². The number of hydrogen-bond acceptors (Lipinski definition) is 2. The summed E-state index contributed by atoms with van der Waals surface area (Å²) in [6.45, 7) is 0. The summed E-state index contributed by atoms with van der Waals surface area (Å²) in [5.74, 6) is -11.3. The number of furan rings is 2. The van der Waals surface area contributed by atoms with Gasteiger partial charge >= 0.3 is 6.18 Å². The van der Waals surface area contributed by atoms with E-state index >= 15 is 30.7 Å². The fraction of sp³-hybridized carbons (Fsp3) is 0.0204. The Morgan fingerprint density at radius 1 is 0.393 bits per heavy atom. The second-order valence-electron chi connectivity index (χ2n) is 14.9. The Morgan fingerprint density at radius 3 is 1.31 bits per heavy atom. The zero-order valence-corrected chi connectivity index (χ0v) is 30.9. The molecule has 0 aliphatic rings. The zero-order chi connectivity index (χ0) is 41.6. The van der Waals surface area contributed by atoms with Crippen molar-refractivity contribution in [1.29, 1.82) is 0 Å². The highest BCUT2D eigenvalue weighted by Crippen LogP contribution is 2.49. The highest BCUT2D eigenvalue weighted by atomic mass is 19.4. The van der Waals surface area contributed by atoms with Crippen LogP contribution in [0.3, 0.4) is 0 Å². The Kier molecular flexibility index (Phi) is 7.09. The molecular weight excluding hydrogens is 801 g/mol. The van der Waals surface area contributed by atoms with Crippen LogP contribution in [0.2, 0.25) is 0 Å². The third-order valence-corrected chi connectivity index (χ3v) is 11.7. The lowest BCUT2D eigenvalue weighted by molar-refractivity contribution is -0.137. The molecule has 0 aliphatic carbocycles. The van der Waals surface area contributed by atoms with Gasteiger partial charge in [0.2, 0.25) is 5.82 Å². The second-order valence-corrected chi connectivity index (χ2v) is 14.9. The highest BCUT2D eigenvalue weighted by Gasteiger charge is 2.39. The van der Waals surface area contributed by atoms with Gasteiger partial charge in [0.1, 0.15) is 22.3 Å². The smallest absolute Gasteiger partial charge is 0.418 e. The minimum Gasteiger partial charge on any atom is -0.456 e. The van der Waals surface area contributed by atoms with Crippen molar-refractivity contribution in [3.63, 3.8) is 0 Å². The van der Waals surface area contributed by atoms with E-state index in [0.717, 1.165) is 12.1 Å². The van der Waals surface area contributed by atoms with E-state index in [4.69, 9.17) is 8.83 Å². The topological polar surface area (TPSA) is 36.1 Å². The molecule has 61 heavy (non-hydrogen) atoms. The first-order valence-corrected chi connectivity index (χ1v) is 19.0. The first kappa shape index (κ1) is 35.4. The maximum atomic E-state index is 16.4. The van der Waals surface area contributed by atoms with E-state index in [1.165, 1.54) is 9.13 Å². The van der Waals surface area contributed by atoms with Gasteiger partial charge in [0, 0.05) is 37.9 Å². The van der Waals surface area contributed by atoms with Gasteiger partial charge < -0.3 is 18.0 Å². The van der Waals surface area contributed by atoms with Crippen LogP contribution in [0.4, 0.5) is 35.1 Å². The Morgan fingerprint density at radius 2 is 0.820 bits per heavy atom. The van der Waals surface area contributed by atoms with Crippen molar-refractivity contribution in [2.24, 2.45) is 0 Å². The first-order valence-electron chi connectivity index (χ1n) is 19.0. The minimum absolute atomic E-state index is 0.272. The summed E-state index contributed by atoms with van der Waals surface area (Å²) in [5, 5.41) is 4.23. The molecule has 0 spiro atoms. The number of para-hydroxylation sites is 4. The summed E-state index contributed by atoms with van der Waals surface area (Å²) < 4.78 is 142. The van der Waals surface area contributed by atoms with E-state index < -0.39 is 63.3 Å². The lowest BCUT2D eigenvalue weighted by atomic mass is 9.96. The number of fused-ring (bicyclic) bond motifs is 14. The molecule has 8 aromatic carbocycles. The molecule has 296 valence electrons. The largest absolute Gasteiger partial charge is 0.456 e. The molecule has 0 radical (unpaired) electrons. The molecule has 12 rings (SSSR count). The molecule has 0 saturated heterocycles.